The molecule has 2 aliphatic rings. The molecule has 0 aromatic heterocycles. The fraction of sp³-hybridized carbons (Fsp3) is 0.545. The summed E-state index contributed by atoms with van der Waals surface area (Å²) in [7, 11) is 0. The molecule has 0 heterocycles. The molecule has 1 fully saturated rings. The molecule has 2 amide bonds. The highest BCUT2D eigenvalue weighted by Gasteiger charge is 2.40. The van der Waals surface area contributed by atoms with Gasteiger partial charge in [-0.25, -0.2) is 9.59 Å². The summed E-state index contributed by atoms with van der Waals surface area (Å²) in [5, 5.41) is 5.88. The Morgan fingerprint density at radius 1 is 1.14 bits per heavy atom. The van der Waals surface area contributed by atoms with Crippen LogP contribution >= 0.6 is 0 Å². The van der Waals surface area contributed by atoms with E-state index in [-0.39, 0.29) is 18.7 Å². The second-order valence-electron chi connectivity index (χ2n) is 8.67. The molecular formula is C22H30N2O4. The zero-order chi connectivity index (χ0) is 20.3. The number of amides is 2. The molecule has 3 rings (SSSR count). The Hall–Kier alpha value is -2.50. The van der Waals surface area contributed by atoms with Crippen molar-refractivity contribution in [3.8, 4) is 0 Å². The number of benzene rings is 1. The first-order chi connectivity index (χ1) is 13.2. The molecule has 3 atom stereocenters. The van der Waals surface area contributed by atoms with Crippen LogP contribution in [0.15, 0.2) is 30.9 Å². The number of rotatable bonds is 4. The highest BCUT2D eigenvalue weighted by molar-refractivity contribution is 5.84. The number of nitrogens with one attached hydrogen (secondary N) is 2. The van der Waals surface area contributed by atoms with E-state index in [4.69, 9.17) is 9.47 Å². The summed E-state index contributed by atoms with van der Waals surface area (Å²) >= 11 is 0. The molecule has 2 N–H and O–H groups in total. The van der Waals surface area contributed by atoms with Crippen LogP contribution in [0.25, 0.3) is 0 Å². The highest BCUT2D eigenvalue weighted by atomic mass is 16.6. The monoisotopic (exact) mass is 386 g/mol. The van der Waals surface area contributed by atoms with Gasteiger partial charge < -0.3 is 14.8 Å². The van der Waals surface area contributed by atoms with E-state index in [1.54, 1.807) is 0 Å². The van der Waals surface area contributed by atoms with Crippen LogP contribution in [-0.2, 0) is 22.3 Å². The van der Waals surface area contributed by atoms with Gasteiger partial charge in [0.2, 0.25) is 0 Å². The molecule has 28 heavy (non-hydrogen) atoms. The largest absolute Gasteiger partial charge is 0.445 e. The number of fused-ring (bicyclic) bond motifs is 3. The highest BCUT2D eigenvalue weighted by Crippen LogP contribution is 2.40. The molecule has 0 spiro atoms. The third-order valence-corrected chi connectivity index (χ3v) is 5.36. The second kappa shape index (κ2) is 8.25. The number of anilines is 1. The number of alkyl carbamates (subject to hydrolysis) is 1. The lowest BCUT2D eigenvalue weighted by atomic mass is 9.93. The Labute approximate surface area is 166 Å². The first kappa shape index (κ1) is 20.2. The molecule has 1 aromatic carbocycles. The van der Waals surface area contributed by atoms with Gasteiger partial charge in [0.25, 0.3) is 0 Å². The third-order valence-electron chi connectivity index (χ3n) is 5.36. The van der Waals surface area contributed by atoms with Crippen molar-refractivity contribution in [2.24, 2.45) is 11.8 Å². The van der Waals surface area contributed by atoms with Gasteiger partial charge in [0, 0.05) is 11.7 Å². The fourth-order valence-electron chi connectivity index (χ4n) is 4.26. The summed E-state index contributed by atoms with van der Waals surface area (Å²) in [5.41, 5.74) is 2.73. The predicted molar refractivity (Wildman–Crippen MR) is 108 cm³/mol. The molecule has 0 saturated heterocycles. The summed E-state index contributed by atoms with van der Waals surface area (Å²) in [6, 6.07) is 6.12. The minimum Gasteiger partial charge on any atom is -0.445 e. The Kier molecular flexibility index (Phi) is 5.96. The van der Waals surface area contributed by atoms with Gasteiger partial charge in [0.05, 0.1) is 0 Å². The topological polar surface area (TPSA) is 76.7 Å². The maximum Gasteiger partial charge on any atom is 0.411 e. The summed E-state index contributed by atoms with van der Waals surface area (Å²) in [6.07, 6.45) is 4.71. The number of carbonyl (C=O) groups excluding carboxylic acids is 2. The maximum atomic E-state index is 12.3. The van der Waals surface area contributed by atoms with Crippen LogP contribution in [0.1, 0.15) is 44.7 Å². The number of hydrogen-bond donors (Lipinski definition) is 2. The van der Waals surface area contributed by atoms with Crippen LogP contribution in [0.3, 0.4) is 0 Å². The molecule has 6 nitrogen and oxygen atoms in total. The first-order valence-electron chi connectivity index (χ1n) is 9.91. The minimum absolute atomic E-state index is 0.121. The zero-order valence-electron chi connectivity index (χ0n) is 16.9. The van der Waals surface area contributed by atoms with Gasteiger partial charge in [-0.1, -0.05) is 18.7 Å². The van der Waals surface area contributed by atoms with Crippen molar-refractivity contribution < 1.29 is 19.1 Å². The lowest BCUT2D eigenvalue weighted by molar-refractivity contribution is 0.0479. The average molecular weight is 386 g/mol. The smallest absolute Gasteiger partial charge is 0.411 e. The molecule has 0 radical (unpaired) electrons. The molecule has 1 aromatic rings. The molecule has 1 saturated carbocycles. The Morgan fingerprint density at radius 3 is 2.46 bits per heavy atom. The van der Waals surface area contributed by atoms with E-state index in [1.807, 2.05) is 32.9 Å². The van der Waals surface area contributed by atoms with Crippen molar-refractivity contribution in [2.45, 2.75) is 58.1 Å². The first-order valence-corrected chi connectivity index (χ1v) is 9.91. The number of ether oxygens (including phenoxy) is 2. The van der Waals surface area contributed by atoms with E-state index in [1.165, 1.54) is 17.2 Å². The van der Waals surface area contributed by atoms with E-state index in [0.29, 0.717) is 11.8 Å². The van der Waals surface area contributed by atoms with E-state index in [9.17, 15) is 9.59 Å². The van der Waals surface area contributed by atoms with Crippen LogP contribution in [-0.4, -0.2) is 30.4 Å². The summed E-state index contributed by atoms with van der Waals surface area (Å²) in [4.78, 5) is 24.1. The van der Waals surface area contributed by atoms with Crippen LogP contribution in [0.5, 0.6) is 0 Å². The van der Waals surface area contributed by atoms with Gasteiger partial charge in [0.15, 0.2) is 0 Å². The summed E-state index contributed by atoms with van der Waals surface area (Å²) in [5.74, 6) is 0.789. The SMILES string of the molecule is C=CCOC(=O)Nc1ccc2c(c1)CC1CCC(C2)C1NC(=O)OC(C)(C)C. The maximum absolute atomic E-state index is 12.3. The molecule has 6 heteroatoms. The minimum atomic E-state index is -0.502. The van der Waals surface area contributed by atoms with Gasteiger partial charge in [-0.3, -0.25) is 5.32 Å². The summed E-state index contributed by atoms with van der Waals surface area (Å²) < 4.78 is 10.4. The van der Waals surface area contributed by atoms with Crippen LogP contribution < -0.4 is 10.6 Å². The predicted octanol–water partition coefficient (Wildman–Crippen LogP) is 4.44. The van der Waals surface area contributed by atoms with Gasteiger partial charge >= 0.3 is 12.2 Å². The van der Waals surface area contributed by atoms with Crippen LogP contribution in [0.2, 0.25) is 0 Å². The average Bonchev–Trinajstić information content (AvgIpc) is 2.86. The summed E-state index contributed by atoms with van der Waals surface area (Å²) in [6.45, 7) is 9.33. The molecule has 2 aliphatic carbocycles. The van der Waals surface area contributed by atoms with Crippen molar-refractivity contribution in [2.75, 3.05) is 11.9 Å². The molecule has 2 bridgehead atoms. The van der Waals surface area contributed by atoms with Gasteiger partial charge in [-0.05, 0) is 81.5 Å². The second-order valence-corrected chi connectivity index (χ2v) is 8.67. The molecule has 3 unspecified atom stereocenters. The van der Waals surface area contributed by atoms with E-state index < -0.39 is 11.7 Å². The third kappa shape index (κ3) is 5.06. The van der Waals surface area contributed by atoms with Crippen molar-refractivity contribution in [1.82, 2.24) is 5.32 Å². The lowest BCUT2D eigenvalue weighted by Crippen LogP contribution is -2.44. The molecule has 152 valence electrons. The molecule has 0 aliphatic heterocycles. The van der Waals surface area contributed by atoms with Crippen LogP contribution in [0, 0.1) is 11.8 Å². The lowest BCUT2D eigenvalue weighted by Gasteiger charge is -2.26. The van der Waals surface area contributed by atoms with Gasteiger partial charge in [-0.15, -0.1) is 0 Å². The van der Waals surface area contributed by atoms with Crippen molar-refractivity contribution >= 4 is 17.9 Å². The fourth-order valence-corrected chi connectivity index (χ4v) is 4.26. The van der Waals surface area contributed by atoms with E-state index in [2.05, 4.69) is 23.3 Å². The Bertz CT molecular complexity index is 753. The van der Waals surface area contributed by atoms with E-state index in [0.717, 1.165) is 31.4 Å². The van der Waals surface area contributed by atoms with Crippen molar-refractivity contribution in [1.29, 1.82) is 0 Å². The number of hydrogen-bond acceptors (Lipinski definition) is 4. The number of carbonyl (C=O) groups is 2. The molecular weight excluding hydrogens is 356 g/mol. The standard InChI is InChI=1S/C22H30N2O4/c1-5-10-27-20(25)23-18-9-8-14-11-15-6-7-16(12-17(14)13-18)19(15)24-21(26)28-22(2,3)4/h5,8-9,13,15-16,19H,1,6-7,10-12H2,2-4H3,(H,23,25)(H,24,26). The zero-order valence-corrected chi connectivity index (χ0v) is 16.9. The van der Waals surface area contributed by atoms with Gasteiger partial charge in [0.1, 0.15) is 12.2 Å². The van der Waals surface area contributed by atoms with Crippen LogP contribution in [0.4, 0.5) is 15.3 Å². The Morgan fingerprint density at radius 2 is 1.82 bits per heavy atom. The van der Waals surface area contributed by atoms with Crippen molar-refractivity contribution in [3.63, 3.8) is 0 Å². The van der Waals surface area contributed by atoms with Gasteiger partial charge in [-0.2, -0.15) is 0 Å². The Balaban J connectivity index is 1.69. The van der Waals surface area contributed by atoms with E-state index >= 15 is 0 Å². The normalized spacial score (nSPS) is 23.2. The quantitative estimate of drug-likeness (QED) is 0.750. The van der Waals surface area contributed by atoms with Crippen molar-refractivity contribution in [3.05, 3.63) is 42.0 Å².